The average Bonchev–Trinajstić information content (AvgIpc) is 2.39. The van der Waals surface area contributed by atoms with Crippen LogP contribution in [0.5, 0.6) is 0 Å². The van der Waals surface area contributed by atoms with Gasteiger partial charge in [-0.05, 0) is 30.2 Å². The smallest absolute Gasteiger partial charge is 0.123 e. The highest BCUT2D eigenvalue weighted by atomic mass is 32.2. The number of benzene rings is 2. The van der Waals surface area contributed by atoms with Gasteiger partial charge in [0.25, 0.3) is 0 Å². The first kappa shape index (κ1) is 14.5. The minimum atomic E-state index is -3.83. The number of sulfonamides is 1. The molecule has 0 aliphatic carbocycles. The number of hydrogen-bond acceptors (Lipinski definition) is 2. The molecule has 0 aromatic heterocycles. The molecule has 0 unspecified atom stereocenters. The molecule has 20 heavy (non-hydrogen) atoms. The first-order chi connectivity index (χ1) is 9.40. The molecule has 3 nitrogen and oxygen atoms in total. The lowest BCUT2D eigenvalue weighted by Gasteiger charge is -2.26. The quantitative estimate of drug-likeness (QED) is 0.841. The van der Waals surface area contributed by atoms with Gasteiger partial charge >= 0.3 is 0 Å². The van der Waals surface area contributed by atoms with Crippen LogP contribution in [0.25, 0.3) is 4.72 Å². The second kappa shape index (κ2) is 5.63. The van der Waals surface area contributed by atoms with E-state index >= 15 is 0 Å². The predicted molar refractivity (Wildman–Crippen MR) is 77.1 cm³/mol. The first-order valence-corrected chi connectivity index (χ1v) is 7.66. The molecular formula is C15H15FNO2S-. The maximum absolute atomic E-state index is 12.8. The molecule has 2 aromatic carbocycles. The van der Waals surface area contributed by atoms with Gasteiger partial charge in [-0.25, -0.2) is 12.8 Å². The van der Waals surface area contributed by atoms with Crippen molar-refractivity contribution in [1.29, 1.82) is 0 Å². The summed E-state index contributed by atoms with van der Waals surface area (Å²) in [5, 5.41) is 0. The van der Waals surface area contributed by atoms with Crippen LogP contribution >= 0.6 is 0 Å². The Balaban J connectivity index is 2.36. The van der Waals surface area contributed by atoms with E-state index in [-0.39, 0.29) is 10.8 Å². The molecular weight excluding hydrogens is 277 g/mol. The molecule has 0 spiro atoms. The molecule has 0 bridgehead atoms. The average molecular weight is 292 g/mol. The van der Waals surface area contributed by atoms with Gasteiger partial charge in [0.05, 0.1) is 4.90 Å². The van der Waals surface area contributed by atoms with Crippen LogP contribution < -0.4 is 0 Å². The third-order valence-corrected chi connectivity index (χ3v) is 4.19. The van der Waals surface area contributed by atoms with Crippen LogP contribution in [0.2, 0.25) is 0 Å². The Morgan fingerprint density at radius 2 is 1.60 bits per heavy atom. The molecule has 0 aliphatic rings. The highest BCUT2D eigenvalue weighted by molar-refractivity contribution is 7.94. The predicted octanol–water partition coefficient (Wildman–Crippen LogP) is 4.34. The van der Waals surface area contributed by atoms with E-state index in [0.29, 0.717) is 5.69 Å². The zero-order valence-electron chi connectivity index (χ0n) is 11.2. The monoisotopic (exact) mass is 292 g/mol. The Morgan fingerprint density at radius 3 is 2.20 bits per heavy atom. The van der Waals surface area contributed by atoms with Gasteiger partial charge in [0.2, 0.25) is 0 Å². The zero-order valence-corrected chi connectivity index (χ0v) is 12.1. The Kier molecular flexibility index (Phi) is 4.09. The van der Waals surface area contributed by atoms with E-state index in [1.807, 2.05) is 26.0 Å². The summed E-state index contributed by atoms with van der Waals surface area (Å²) < 4.78 is 41.1. The number of hydrogen-bond donors (Lipinski definition) is 0. The standard InChI is InChI=1S/C15H15FNO2S/c1-11(2)14-5-3-4-6-15(14)17-20(18,19)13-9-7-12(16)8-10-13/h3-11H,1-2H3/q-1. The summed E-state index contributed by atoms with van der Waals surface area (Å²) in [4.78, 5) is -0.0162. The van der Waals surface area contributed by atoms with Gasteiger partial charge in [0.15, 0.2) is 0 Å². The highest BCUT2D eigenvalue weighted by Crippen LogP contribution is 2.34. The fourth-order valence-electron chi connectivity index (χ4n) is 1.85. The molecule has 2 aromatic rings. The molecule has 0 atom stereocenters. The molecule has 0 radical (unpaired) electrons. The van der Waals surface area contributed by atoms with E-state index in [1.165, 1.54) is 12.1 Å². The summed E-state index contributed by atoms with van der Waals surface area (Å²) >= 11 is 0. The zero-order chi connectivity index (χ0) is 14.8. The van der Waals surface area contributed by atoms with Gasteiger partial charge in [-0.2, -0.15) is 0 Å². The summed E-state index contributed by atoms with van der Waals surface area (Å²) in [5.74, 6) is -0.315. The van der Waals surface area contributed by atoms with Crippen molar-refractivity contribution in [2.75, 3.05) is 0 Å². The number of rotatable bonds is 4. The Labute approximate surface area is 118 Å². The van der Waals surface area contributed by atoms with Crippen LogP contribution in [0.15, 0.2) is 53.4 Å². The summed E-state index contributed by atoms with van der Waals surface area (Å²) in [6, 6.07) is 11.7. The van der Waals surface area contributed by atoms with Crippen LogP contribution in [0.1, 0.15) is 25.3 Å². The first-order valence-electron chi connectivity index (χ1n) is 6.22. The largest absolute Gasteiger partial charge is 0.572 e. The van der Waals surface area contributed by atoms with Crippen LogP contribution in [-0.2, 0) is 10.0 Å². The molecule has 0 N–H and O–H groups in total. The molecule has 0 saturated heterocycles. The topological polar surface area (TPSA) is 48.2 Å². The van der Waals surface area contributed by atoms with Crippen LogP contribution in [0.3, 0.4) is 0 Å². The lowest BCUT2D eigenvalue weighted by Crippen LogP contribution is -1.99. The van der Waals surface area contributed by atoms with E-state index in [4.69, 9.17) is 0 Å². The van der Waals surface area contributed by atoms with Crippen molar-refractivity contribution in [2.24, 2.45) is 0 Å². The maximum Gasteiger partial charge on any atom is 0.123 e. The Bertz CT molecular complexity index is 694. The van der Waals surface area contributed by atoms with E-state index in [2.05, 4.69) is 4.72 Å². The third kappa shape index (κ3) is 3.17. The summed E-state index contributed by atoms with van der Waals surface area (Å²) in [6.07, 6.45) is 0. The molecule has 0 heterocycles. The van der Waals surface area contributed by atoms with Crippen molar-refractivity contribution in [3.63, 3.8) is 0 Å². The number of halogens is 1. The van der Waals surface area contributed by atoms with Crippen LogP contribution in [-0.4, -0.2) is 8.42 Å². The lowest BCUT2D eigenvalue weighted by atomic mass is 10.0. The van der Waals surface area contributed by atoms with Gasteiger partial charge in [-0.3, -0.25) is 0 Å². The maximum atomic E-state index is 12.8. The van der Waals surface area contributed by atoms with Crippen LogP contribution in [0.4, 0.5) is 10.1 Å². The van der Waals surface area contributed by atoms with Crippen molar-refractivity contribution in [1.82, 2.24) is 0 Å². The molecule has 0 aliphatic heterocycles. The summed E-state index contributed by atoms with van der Waals surface area (Å²) in [6.45, 7) is 3.94. The van der Waals surface area contributed by atoms with Gasteiger partial charge in [0, 0.05) is 0 Å². The fraction of sp³-hybridized carbons (Fsp3) is 0.200. The van der Waals surface area contributed by atoms with E-state index in [0.717, 1.165) is 17.7 Å². The highest BCUT2D eigenvalue weighted by Gasteiger charge is 2.07. The third-order valence-electron chi connectivity index (χ3n) is 2.89. The molecule has 0 fully saturated rings. The molecule has 2 rings (SSSR count). The van der Waals surface area contributed by atoms with Crippen LogP contribution in [0, 0.1) is 5.82 Å². The van der Waals surface area contributed by atoms with Crippen molar-refractivity contribution < 1.29 is 12.8 Å². The van der Waals surface area contributed by atoms with E-state index < -0.39 is 15.8 Å². The van der Waals surface area contributed by atoms with Gasteiger partial charge in [-0.1, -0.05) is 43.7 Å². The minimum Gasteiger partial charge on any atom is -0.572 e. The van der Waals surface area contributed by atoms with Crippen molar-refractivity contribution >= 4 is 15.7 Å². The Morgan fingerprint density at radius 1 is 1.00 bits per heavy atom. The fourth-order valence-corrected chi connectivity index (χ4v) is 2.86. The number of nitrogens with zero attached hydrogens (tertiary/aromatic N) is 1. The molecule has 0 saturated carbocycles. The summed E-state index contributed by atoms with van der Waals surface area (Å²) in [5.41, 5.74) is 1.28. The van der Waals surface area contributed by atoms with Gasteiger partial charge in [-0.15, -0.1) is 5.69 Å². The Hall–Kier alpha value is -1.88. The molecule has 0 amide bonds. The SMILES string of the molecule is CC(C)c1ccccc1[N-]S(=O)(=O)c1ccc(F)cc1. The minimum absolute atomic E-state index is 0.0162. The van der Waals surface area contributed by atoms with E-state index in [1.54, 1.807) is 12.1 Å². The van der Waals surface area contributed by atoms with Crippen molar-refractivity contribution in [2.45, 2.75) is 24.7 Å². The second-order valence-corrected chi connectivity index (χ2v) is 6.34. The van der Waals surface area contributed by atoms with Crippen molar-refractivity contribution in [3.05, 3.63) is 64.6 Å². The van der Waals surface area contributed by atoms with Crippen molar-refractivity contribution in [3.8, 4) is 0 Å². The lowest BCUT2D eigenvalue weighted by molar-refractivity contribution is 0.601. The van der Waals surface area contributed by atoms with E-state index in [9.17, 15) is 12.8 Å². The van der Waals surface area contributed by atoms with Gasteiger partial charge < -0.3 is 4.72 Å². The van der Waals surface area contributed by atoms with Gasteiger partial charge in [0.1, 0.15) is 15.8 Å². The normalized spacial score (nSPS) is 11.6. The summed E-state index contributed by atoms with van der Waals surface area (Å²) in [7, 11) is -3.83. The molecule has 5 heteroatoms. The second-order valence-electron chi connectivity index (χ2n) is 4.73. The molecule has 106 valence electrons.